The summed E-state index contributed by atoms with van der Waals surface area (Å²) in [7, 11) is 1.64. The minimum absolute atomic E-state index is 0.0658. The molecule has 0 saturated heterocycles. The third kappa shape index (κ3) is 4.23. The predicted molar refractivity (Wildman–Crippen MR) is 93.2 cm³/mol. The van der Waals surface area contributed by atoms with Crippen molar-refractivity contribution in [1.82, 2.24) is 10.5 Å². The summed E-state index contributed by atoms with van der Waals surface area (Å²) in [6.45, 7) is 0.571. The highest BCUT2D eigenvalue weighted by Crippen LogP contribution is 2.25. The summed E-state index contributed by atoms with van der Waals surface area (Å²) in [5.41, 5.74) is 1.76. The van der Waals surface area contributed by atoms with Gasteiger partial charge in [0.1, 0.15) is 5.75 Å². The zero-order valence-corrected chi connectivity index (χ0v) is 14.1. The molecule has 1 amide bonds. The van der Waals surface area contributed by atoms with E-state index < -0.39 is 0 Å². The van der Waals surface area contributed by atoms with Crippen LogP contribution in [0.2, 0.25) is 0 Å². The van der Waals surface area contributed by atoms with Crippen LogP contribution in [0, 0.1) is 0 Å². The molecule has 0 fully saturated rings. The summed E-state index contributed by atoms with van der Waals surface area (Å²) in [4.78, 5) is 13.0. The molecule has 6 heteroatoms. The number of hydrogen-bond donors (Lipinski definition) is 1. The van der Waals surface area contributed by atoms with Crippen molar-refractivity contribution >= 4 is 17.2 Å². The van der Waals surface area contributed by atoms with Gasteiger partial charge in [0.2, 0.25) is 5.91 Å². The van der Waals surface area contributed by atoms with Gasteiger partial charge in [0.05, 0.1) is 24.1 Å². The fourth-order valence-corrected chi connectivity index (χ4v) is 3.00. The highest BCUT2D eigenvalue weighted by molar-refractivity contribution is 7.13. The molecule has 0 aliphatic carbocycles. The van der Waals surface area contributed by atoms with E-state index in [9.17, 15) is 4.79 Å². The van der Waals surface area contributed by atoms with Gasteiger partial charge in [-0.05, 0) is 35.6 Å². The lowest BCUT2D eigenvalue weighted by atomic mass is 10.1. The lowest BCUT2D eigenvalue weighted by molar-refractivity contribution is -0.120. The van der Waals surface area contributed by atoms with Crippen molar-refractivity contribution in [1.29, 1.82) is 0 Å². The number of hydrogen-bond acceptors (Lipinski definition) is 5. The van der Waals surface area contributed by atoms with Gasteiger partial charge in [-0.15, -0.1) is 11.3 Å². The van der Waals surface area contributed by atoms with Gasteiger partial charge >= 0.3 is 0 Å². The van der Waals surface area contributed by atoms with Crippen LogP contribution in [-0.2, 0) is 17.6 Å². The summed E-state index contributed by atoms with van der Waals surface area (Å²) >= 11 is 1.58. The number of aromatic nitrogens is 1. The van der Waals surface area contributed by atoms with Gasteiger partial charge in [-0.1, -0.05) is 23.4 Å². The summed E-state index contributed by atoms with van der Waals surface area (Å²) in [6.07, 6.45) is 0.967. The summed E-state index contributed by atoms with van der Waals surface area (Å²) in [5.74, 6) is 1.45. The van der Waals surface area contributed by atoms with Gasteiger partial charge < -0.3 is 14.6 Å². The van der Waals surface area contributed by atoms with Gasteiger partial charge in [-0.3, -0.25) is 4.79 Å². The van der Waals surface area contributed by atoms with E-state index in [4.69, 9.17) is 9.26 Å². The maximum absolute atomic E-state index is 12.0. The molecule has 0 aliphatic rings. The van der Waals surface area contributed by atoms with Gasteiger partial charge in [-0.2, -0.15) is 0 Å². The van der Waals surface area contributed by atoms with Crippen LogP contribution >= 0.6 is 11.3 Å². The number of ether oxygens (including phenoxy) is 1. The van der Waals surface area contributed by atoms with E-state index in [2.05, 4.69) is 10.5 Å². The van der Waals surface area contributed by atoms with Crippen LogP contribution < -0.4 is 10.1 Å². The zero-order valence-electron chi connectivity index (χ0n) is 13.3. The number of thiophene rings is 1. The Kier molecular flexibility index (Phi) is 5.28. The molecule has 124 valence electrons. The van der Waals surface area contributed by atoms with Crippen molar-refractivity contribution in [2.45, 2.75) is 12.8 Å². The van der Waals surface area contributed by atoms with Crippen molar-refractivity contribution in [2.24, 2.45) is 0 Å². The van der Waals surface area contributed by atoms with Crippen LogP contribution in [-0.4, -0.2) is 24.7 Å². The normalized spacial score (nSPS) is 10.5. The number of rotatable bonds is 7. The second-order valence-corrected chi connectivity index (χ2v) is 6.24. The first-order chi connectivity index (χ1) is 11.7. The Labute approximate surface area is 144 Å². The van der Waals surface area contributed by atoms with Crippen molar-refractivity contribution in [2.75, 3.05) is 13.7 Å². The Bertz CT molecular complexity index is 796. The minimum atomic E-state index is -0.0658. The lowest BCUT2D eigenvalue weighted by Gasteiger charge is -2.06. The van der Waals surface area contributed by atoms with Crippen LogP contribution in [0.3, 0.4) is 0 Å². The average Bonchev–Trinajstić information content (AvgIpc) is 3.26. The third-order valence-corrected chi connectivity index (χ3v) is 4.42. The molecule has 2 heterocycles. The summed E-state index contributed by atoms with van der Waals surface area (Å²) in [6, 6.07) is 13.6. The smallest absolute Gasteiger partial charge is 0.226 e. The third-order valence-electron chi connectivity index (χ3n) is 3.53. The number of carbonyl (C=O) groups excluding carboxylic acids is 1. The molecule has 5 nitrogen and oxygen atoms in total. The van der Waals surface area contributed by atoms with Gasteiger partial charge in [0.25, 0.3) is 0 Å². The van der Waals surface area contributed by atoms with E-state index in [0.29, 0.717) is 18.0 Å². The highest BCUT2D eigenvalue weighted by atomic mass is 32.1. The number of amides is 1. The molecule has 3 rings (SSSR count). The standard InChI is InChI=1S/C18H18N2O3S/c1-22-15-5-2-4-13(10-15)7-8-19-18(21)12-14-11-16(23-20-14)17-6-3-9-24-17/h2-6,9-11H,7-8,12H2,1H3,(H,19,21). The molecule has 24 heavy (non-hydrogen) atoms. The largest absolute Gasteiger partial charge is 0.497 e. The first-order valence-electron chi connectivity index (χ1n) is 7.63. The SMILES string of the molecule is COc1cccc(CCNC(=O)Cc2cc(-c3cccs3)on2)c1. The molecule has 1 aromatic carbocycles. The molecule has 0 bridgehead atoms. The minimum Gasteiger partial charge on any atom is -0.497 e. The van der Waals surface area contributed by atoms with E-state index in [1.807, 2.05) is 47.8 Å². The van der Waals surface area contributed by atoms with Crippen molar-refractivity contribution in [3.8, 4) is 16.4 Å². The van der Waals surface area contributed by atoms with Crippen LogP contribution in [0.25, 0.3) is 10.6 Å². The van der Waals surface area contributed by atoms with E-state index >= 15 is 0 Å². The van der Waals surface area contributed by atoms with E-state index in [1.54, 1.807) is 18.4 Å². The maximum atomic E-state index is 12.0. The molecule has 0 saturated carbocycles. The molecule has 0 aliphatic heterocycles. The second kappa shape index (κ2) is 7.79. The molecule has 0 atom stereocenters. The first kappa shape index (κ1) is 16.3. The molecular weight excluding hydrogens is 324 g/mol. The first-order valence-corrected chi connectivity index (χ1v) is 8.51. The summed E-state index contributed by atoms with van der Waals surface area (Å²) < 4.78 is 10.5. The molecule has 3 aromatic rings. The van der Waals surface area contributed by atoms with E-state index in [1.165, 1.54) is 0 Å². The number of benzene rings is 1. The Morgan fingerprint density at radius 2 is 2.21 bits per heavy atom. The Hall–Kier alpha value is -2.60. The van der Waals surface area contributed by atoms with Crippen molar-refractivity contribution < 1.29 is 14.1 Å². The molecule has 2 aromatic heterocycles. The van der Waals surface area contributed by atoms with Crippen LogP contribution in [0.1, 0.15) is 11.3 Å². The Morgan fingerprint density at radius 3 is 3.00 bits per heavy atom. The molecule has 0 unspecified atom stereocenters. The van der Waals surface area contributed by atoms with E-state index in [-0.39, 0.29) is 12.3 Å². The quantitative estimate of drug-likeness (QED) is 0.715. The van der Waals surface area contributed by atoms with Crippen LogP contribution in [0.5, 0.6) is 5.75 Å². The van der Waals surface area contributed by atoms with Crippen molar-refractivity contribution in [3.63, 3.8) is 0 Å². The fraction of sp³-hybridized carbons (Fsp3) is 0.222. The van der Waals surface area contributed by atoms with Gasteiger partial charge in [0, 0.05) is 12.6 Å². The molecular formula is C18H18N2O3S. The molecule has 1 N–H and O–H groups in total. The Balaban J connectivity index is 1.47. The van der Waals surface area contributed by atoms with Crippen LogP contribution in [0.15, 0.2) is 52.4 Å². The van der Waals surface area contributed by atoms with Gasteiger partial charge in [0.15, 0.2) is 5.76 Å². The van der Waals surface area contributed by atoms with Crippen molar-refractivity contribution in [3.05, 3.63) is 59.1 Å². The molecule has 0 radical (unpaired) electrons. The van der Waals surface area contributed by atoms with E-state index in [0.717, 1.165) is 22.6 Å². The lowest BCUT2D eigenvalue weighted by Crippen LogP contribution is -2.27. The second-order valence-electron chi connectivity index (χ2n) is 5.29. The maximum Gasteiger partial charge on any atom is 0.226 e. The number of carbonyl (C=O) groups is 1. The zero-order chi connectivity index (χ0) is 16.8. The van der Waals surface area contributed by atoms with Crippen LogP contribution in [0.4, 0.5) is 0 Å². The molecule has 0 spiro atoms. The number of methoxy groups -OCH3 is 1. The average molecular weight is 342 g/mol. The number of nitrogens with zero attached hydrogens (tertiary/aromatic N) is 1. The monoisotopic (exact) mass is 342 g/mol. The Morgan fingerprint density at radius 1 is 1.29 bits per heavy atom. The number of nitrogens with one attached hydrogen (secondary N) is 1. The fourth-order valence-electron chi connectivity index (χ4n) is 2.33. The van der Waals surface area contributed by atoms with Gasteiger partial charge in [-0.25, -0.2) is 0 Å². The predicted octanol–water partition coefficient (Wildman–Crippen LogP) is 3.31. The summed E-state index contributed by atoms with van der Waals surface area (Å²) in [5, 5.41) is 8.83. The topological polar surface area (TPSA) is 64.4 Å². The highest BCUT2D eigenvalue weighted by Gasteiger charge is 2.11.